The third-order valence-electron chi connectivity index (χ3n) is 2.14. The maximum atomic E-state index is 10.5. The highest BCUT2D eigenvalue weighted by Gasteiger charge is 2.08. The number of hydrogen-bond acceptors (Lipinski definition) is 3. The molecule has 0 atom stereocenters. The normalized spacial score (nSPS) is 11.3. The molecule has 82 valence electrons. The van der Waals surface area contributed by atoms with Crippen molar-refractivity contribution in [2.75, 3.05) is 12.4 Å². The molecule has 0 aliphatic heterocycles. The van der Waals surface area contributed by atoms with Crippen LogP contribution in [0.2, 0.25) is 5.02 Å². The smallest absolute Gasteiger partial charge is 0.163 e. The largest absolute Gasteiger partial charge is 0.385 e. The van der Waals surface area contributed by atoms with Gasteiger partial charge in [-0.3, -0.25) is 4.79 Å². The summed E-state index contributed by atoms with van der Waals surface area (Å²) in [4.78, 5) is 14.7. The summed E-state index contributed by atoms with van der Waals surface area (Å²) in [6.07, 6.45) is 1.06. The molecule has 0 unspecified atom stereocenters. The molecule has 1 aromatic rings. The molecule has 0 spiro atoms. The molecule has 3 nitrogen and oxygen atoms in total. The lowest BCUT2D eigenvalue weighted by atomic mass is 9.96. The summed E-state index contributed by atoms with van der Waals surface area (Å²) in [5.74, 6) is 0. The van der Waals surface area contributed by atoms with Crippen LogP contribution in [-0.4, -0.2) is 26.9 Å². The molecule has 0 aliphatic rings. The van der Waals surface area contributed by atoms with Crippen LogP contribution < -0.4 is 5.32 Å². The molecule has 16 heavy (non-hydrogen) atoms. The van der Waals surface area contributed by atoms with Gasteiger partial charge in [-0.15, -0.1) is 0 Å². The summed E-state index contributed by atoms with van der Waals surface area (Å²) in [5, 5.41) is 3.50. The van der Waals surface area contributed by atoms with Crippen LogP contribution in [0.4, 0.5) is 11.4 Å². The first-order chi connectivity index (χ1) is 7.63. The lowest BCUT2D eigenvalue weighted by Crippen LogP contribution is -1.96. The highest BCUT2D eigenvalue weighted by molar-refractivity contribution is 6.35. The fraction of sp³-hybridized carbons (Fsp3) is 0.273. The number of aliphatic imine (C=N–C) groups is 1. The molecule has 0 aliphatic carbocycles. The fourth-order valence-corrected chi connectivity index (χ4v) is 1.65. The molecule has 0 heterocycles. The number of hydrogen-bond donors (Lipinski definition) is 1. The van der Waals surface area contributed by atoms with Gasteiger partial charge in [0, 0.05) is 7.05 Å². The van der Waals surface area contributed by atoms with Crippen molar-refractivity contribution in [1.82, 2.24) is 0 Å². The second kappa shape index (κ2) is 5.70. The Kier molecular flexibility index (Phi) is 4.56. The van der Waals surface area contributed by atoms with E-state index in [9.17, 15) is 4.79 Å². The summed E-state index contributed by atoms with van der Waals surface area (Å²) >= 11 is 6.14. The van der Waals surface area contributed by atoms with Gasteiger partial charge in [-0.25, -0.2) is 4.99 Å². The molecular weight excluding hydrogens is 222 g/mol. The molecule has 1 rings (SSSR count). The van der Waals surface area contributed by atoms with Crippen LogP contribution in [0, 0.1) is 0 Å². The Morgan fingerprint density at radius 2 is 2.31 bits per heavy atom. The second-order valence-electron chi connectivity index (χ2n) is 3.26. The van der Waals surface area contributed by atoms with E-state index in [0.717, 1.165) is 5.56 Å². The number of carbonyl (C=O) groups is 1. The molecule has 1 aromatic carbocycles. The number of halogens is 1. The van der Waals surface area contributed by atoms with Gasteiger partial charge in [0.1, 0.15) is 0 Å². The third-order valence-corrected chi connectivity index (χ3v) is 2.57. The number of benzene rings is 1. The Labute approximate surface area is 101 Å². The first-order valence-corrected chi connectivity index (χ1v) is 5.21. The third kappa shape index (κ3) is 2.64. The van der Waals surface area contributed by atoms with Crippen LogP contribution in [0.5, 0.6) is 0 Å². The molecule has 0 amide bonds. The van der Waals surface area contributed by atoms with E-state index in [-0.39, 0.29) is 0 Å². The topological polar surface area (TPSA) is 41.5 Å². The number of rotatable bonds is 4. The summed E-state index contributed by atoms with van der Waals surface area (Å²) in [6.45, 7) is 1.64. The molecule has 5 heteroatoms. The van der Waals surface area contributed by atoms with Crippen molar-refractivity contribution in [3.05, 3.63) is 22.7 Å². The Bertz CT molecular complexity index is 432. The van der Waals surface area contributed by atoms with Gasteiger partial charge >= 0.3 is 0 Å². The number of nitrogens with zero attached hydrogens (tertiary/aromatic N) is 1. The zero-order valence-corrected chi connectivity index (χ0v) is 10.0. The Balaban J connectivity index is 3.31. The minimum Gasteiger partial charge on any atom is -0.385 e. The summed E-state index contributed by atoms with van der Waals surface area (Å²) < 4.78 is 0. The van der Waals surface area contributed by atoms with E-state index in [1.807, 2.05) is 0 Å². The first-order valence-electron chi connectivity index (χ1n) is 4.83. The zero-order valence-electron chi connectivity index (χ0n) is 9.25. The number of anilines is 1. The van der Waals surface area contributed by atoms with Crippen LogP contribution in [0.1, 0.15) is 12.5 Å². The summed E-state index contributed by atoms with van der Waals surface area (Å²) in [6, 6.07) is 3.59. The van der Waals surface area contributed by atoms with Crippen LogP contribution in [0.3, 0.4) is 0 Å². The number of carbonyl (C=O) groups excluding carboxylic acids is 1. The van der Waals surface area contributed by atoms with E-state index in [1.165, 1.54) is 0 Å². The van der Waals surface area contributed by atoms with Crippen LogP contribution in [-0.2, 0) is 11.1 Å². The van der Waals surface area contributed by atoms with E-state index in [1.54, 1.807) is 26.1 Å². The maximum Gasteiger partial charge on any atom is 0.163 e. The van der Waals surface area contributed by atoms with Gasteiger partial charge in [0.15, 0.2) is 6.29 Å². The molecule has 2 radical (unpaired) electrons. The Morgan fingerprint density at radius 1 is 1.62 bits per heavy atom. The summed E-state index contributed by atoms with van der Waals surface area (Å²) in [5.41, 5.74) is 2.56. The minimum absolute atomic E-state index is 0.365. The van der Waals surface area contributed by atoms with E-state index in [2.05, 4.69) is 10.3 Å². The standard InChI is InChI=1S/C11H12BClN2O/c1-7(6-16)15-9-4-3-8(5-12)10(13)11(9)14-2/h3-4,6,14H,5H2,1-2H3. The molecule has 0 fully saturated rings. The van der Waals surface area contributed by atoms with Crippen LogP contribution in [0.25, 0.3) is 0 Å². The van der Waals surface area contributed by atoms with Crippen molar-refractivity contribution in [3.63, 3.8) is 0 Å². The van der Waals surface area contributed by atoms with Gasteiger partial charge in [-0.2, -0.15) is 0 Å². The van der Waals surface area contributed by atoms with Gasteiger partial charge in [-0.1, -0.05) is 24.0 Å². The van der Waals surface area contributed by atoms with E-state index < -0.39 is 0 Å². The van der Waals surface area contributed by atoms with Crippen molar-refractivity contribution >= 4 is 42.8 Å². The quantitative estimate of drug-likeness (QED) is 0.493. The van der Waals surface area contributed by atoms with Crippen molar-refractivity contribution in [1.29, 1.82) is 0 Å². The van der Waals surface area contributed by atoms with Crippen LogP contribution >= 0.6 is 11.6 Å². The van der Waals surface area contributed by atoms with Crippen molar-refractivity contribution in [2.24, 2.45) is 4.99 Å². The molecule has 0 bridgehead atoms. The monoisotopic (exact) mass is 234 g/mol. The van der Waals surface area contributed by atoms with Crippen molar-refractivity contribution < 1.29 is 4.79 Å². The fourth-order valence-electron chi connectivity index (χ4n) is 1.31. The Morgan fingerprint density at radius 3 is 2.81 bits per heavy atom. The first kappa shape index (κ1) is 12.8. The van der Waals surface area contributed by atoms with Gasteiger partial charge in [0.05, 0.1) is 30.0 Å². The highest BCUT2D eigenvalue weighted by atomic mass is 35.5. The predicted molar refractivity (Wildman–Crippen MR) is 69.3 cm³/mol. The predicted octanol–water partition coefficient (Wildman–Crippen LogP) is 2.34. The lowest BCUT2D eigenvalue weighted by molar-refractivity contribution is -0.102. The number of aldehydes is 1. The van der Waals surface area contributed by atoms with Crippen molar-refractivity contribution in [2.45, 2.75) is 13.2 Å². The number of nitrogens with one attached hydrogen (secondary N) is 1. The molecule has 0 aromatic heterocycles. The zero-order chi connectivity index (χ0) is 12.1. The van der Waals surface area contributed by atoms with Crippen molar-refractivity contribution in [3.8, 4) is 0 Å². The van der Waals surface area contributed by atoms with E-state index in [0.29, 0.717) is 34.7 Å². The maximum absolute atomic E-state index is 10.5. The average molecular weight is 234 g/mol. The van der Waals surface area contributed by atoms with Gasteiger partial charge < -0.3 is 5.32 Å². The molecule has 0 saturated heterocycles. The second-order valence-corrected chi connectivity index (χ2v) is 3.64. The minimum atomic E-state index is 0.365. The average Bonchev–Trinajstić information content (AvgIpc) is 2.29. The Hall–Kier alpha value is -1.29. The van der Waals surface area contributed by atoms with Crippen LogP contribution in [0.15, 0.2) is 17.1 Å². The summed E-state index contributed by atoms with van der Waals surface area (Å²) in [7, 11) is 7.29. The molecular formula is C11H12BClN2O. The van der Waals surface area contributed by atoms with Gasteiger partial charge in [-0.05, 0) is 18.6 Å². The molecule has 1 N–H and O–H groups in total. The molecule has 0 saturated carbocycles. The van der Waals surface area contributed by atoms with Gasteiger partial charge in [0.2, 0.25) is 0 Å². The van der Waals surface area contributed by atoms with E-state index >= 15 is 0 Å². The SMILES string of the molecule is [B]Cc1ccc(N=C(C)C=O)c(NC)c1Cl. The van der Waals surface area contributed by atoms with E-state index in [4.69, 9.17) is 19.4 Å². The lowest BCUT2D eigenvalue weighted by Gasteiger charge is -2.11. The van der Waals surface area contributed by atoms with Gasteiger partial charge in [0.25, 0.3) is 0 Å². The highest BCUT2D eigenvalue weighted by Crippen LogP contribution is 2.35.